The molecule has 0 unspecified atom stereocenters. The summed E-state index contributed by atoms with van der Waals surface area (Å²) in [6.07, 6.45) is -0.883. The maximum absolute atomic E-state index is 12.8. The first-order valence-corrected chi connectivity index (χ1v) is 10.0. The van der Waals surface area contributed by atoms with Crippen molar-refractivity contribution < 1.29 is 36.4 Å². The van der Waals surface area contributed by atoms with Crippen molar-refractivity contribution in [2.24, 2.45) is 12.8 Å². The maximum atomic E-state index is 12.8. The van der Waals surface area contributed by atoms with Crippen LogP contribution in [0.25, 0.3) is 0 Å². The smallest absolute Gasteiger partial charge is 0.418 e. The van der Waals surface area contributed by atoms with Crippen molar-refractivity contribution in [3.05, 3.63) is 11.3 Å². The van der Waals surface area contributed by atoms with Gasteiger partial charge in [0.1, 0.15) is 12.6 Å². The minimum atomic E-state index is -5.05. The van der Waals surface area contributed by atoms with Gasteiger partial charge in [-0.15, -0.1) is 4.28 Å². The molecule has 30 heavy (non-hydrogen) atoms. The fourth-order valence-corrected chi connectivity index (χ4v) is 3.80. The molecule has 1 aromatic rings. The first-order valence-electron chi connectivity index (χ1n) is 8.65. The van der Waals surface area contributed by atoms with E-state index in [1.807, 2.05) is 0 Å². The molecule has 166 valence electrons. The molecule has 0 spiro atoms. The van der Waals surface area contributed by atoms with Crippen molar-refractivity contribution in [2.75, 3.05) is 39.1 Å². The number of carbonyl (C=O) groups is 3. The lowest BCUT2D eigenvalue weighted by atomic mass is 9.96. The highest BCUT2D eigenvalue weighted by Gasteiger charge is 2.55. The Morgan fingerprint density at radius 3 is 2.63 bits per heavy atom. The molecule has 1 fully saturated rings. The molecule has 16 heteroatoms. The van der Waals surface area contributed by atoms with E-state index in [4.69, 9.17) is 15.0 Å². The summed E-state index contributed by atoms with van der Waals surface area (Å²) in [5, 5.41) is 7.00. The standard InChI is InChI=1S/C14H21N7O8S/c1-18(2)12(22)10-9-8(11(17-19(9)3)16-13(23)28-5-4-15)7-6-20(10)14(24)21(7)29-30(25,26)27/h7,10H,4-6,15H2,1-3H3,(H,16,17,23)(H,25,26,27)/t7-,10-/m0/s1. The zero-order valence-electron chi connectivity index (χ0n) is 16.3. The zero-order valence-corrected chi connectivity index (χ0v) is 17.1. The number of aromatic nitrogens is 2. The lowest BCUT2D eigenvalue weighted by Crippen LogP contribution is -2.44. The lowest BCUT2D eigenvalue weighted by Gasteiger charge is -2.31. The van der Waals surface area contributed by atoms with E-state index in [0.717, 1.165) is 4.90 Å². The van der Waals surface area contributed by atoms with Gasteiger partial charge >= 0.3 is 22.5 Å². The average molecular weight is 447 g/mol. The molecule has 1 aromatic heterocycles. The summed E-state index contributed by atoms with van der Waals surface area (Å²) in [5.41, 5.74) is 5.71. The van der Waals surface area contributed by atoms with Crippen molar-refractivity contribution in [3.8, 4) is 0 Å². The van der Waals surface area contributed by atoms with Crippen LogP contribution in [0.1, 0.15) is 23.3 Å². The largest absolute Gasteiger partial charge is 0.448 e. The van der Waals surface area contributed by atoms with Crippen LogP contribution in [0.3, 0.4) is 0 Å². The molecule has 2 bridgehead atoms. The number of anilines is 1. The number of urea groups is 1. The summed E-state index contributed by atoms with van der Waals surface area (Å²) in [5.74, 6) is -0.550. The number of aryl methyl sites for hydroxylation is 1. The first kappa shape index (κ1) is 21.8. The summed E-state index contributed by atoms with van der Waals surface area (Å²) in [4.78, 5) is 40.0. The third kappa shape index (κ3) is 3.76. The Kier molecular flexibility index (Phi) is 5.59. The minimum absolute atomic E-state index is 0.0592. The SMILES string of the molecule is CN(C)C(=O)[C@@H]1c2c(c(NC(=O)OCCN)nn2C)[C@@H]2CN1C(=O)N2OS(=O)(=O)O. The Balaban J connectivity index is 2.11. The van der Waals surface area contributed by atoms with E-state index in [1.165, 1.54) is 30.7 Å². The second-order valence-electron chi connectivity index (χ2n) is 6.73. The lowest BCUT2D eigenvalue weighted by molar-refractivity contribution is -0.133. The van der Waals surface area contributed by atoms with Crippen LogP contribution in [0.15, 0.2) is 0 Å². The third-order valence-electron chi connectivity index (χ3n) is 4.54. The highest BCUT2D eigenvalue weighted by Crippen LogP contribution is 2.47. The third-order valence-corrected chi connectivity index (χ3v) is 4.89. The van der Waals surface area contributed by atoms with Gasteiger partial charge in [0.15, 0.2) is 11.9 Å². The highest BCUT2D eigenvalue weighted by atomic mass is 32.3. The molecular weight excluding hydrogens is 426 g/mol. The minimum Gasteiger partial charge on any atom is -0.448 e. The van der Waals surface area contributed by atoms with Gasteiger partial charge in [-0.2, -0.15) is 18.6 Å². The second-order valence-corrected chi connectivity index (χ2v) is 7.74. The van der Waals surface area contributed by atoms with E-state index >= 15 is 0 Å². The predicted molar refractivity (Wildman–Crippen MR) is 98.0 cm³/mol. The molecule has 0 radical (unpaired) electrons. The van der Waals surface area contributed by atoms with Gasteiger partial charge in [-0.05, 0) is 0 Å². The quantitative estimate of drug-likeness (QED) is 0.436. The molecule has 4 N–H and O–H groups in total. The van der Waals surface area contributed by atoms with Crippen molar-refractivity contribution in [3.63, 3.8) is 0 Å². The Hall–Kier alpha value is -2.95. The van der Waals surface area contributed by atoms with Crippen molar-refractivity contribution in [1.29, 1.82) is 0 Å². The maximum Gasteiger partial charge on any atom is 0.418 e. The number of fused-ring (bicyclic) bond motifs is 4. The number of likely N-dealkylation sites (N-methyl/N-ethyl adjacent to an activating group) is 1. The number of nitrogens with one attached hydrogen (secondary N) is 1. The topological polar surface area (TPSA) is 190 Å². The Bertz CT molecular complexity index is 991. The molecule has 15 nitrogen and oxygen atoms in total. The predicted octanol–water partition coefficient (Wildman–Crippen LogP) is -1.42. The summed E-state index contributed by atoms with van der Waals surface area (Å²) in [6.45, 7) is -0.116. The fraction of sp³-hybridized carbons (Fsp3) is 0.571. The van der Waals surface area contributed by atoms with Crippen LogP contribution in [0.4, 0.5) is 15.4 Å². The van der Waals surface area contributed by atoms with Crippen LogP contribution in [0, 0.1) is 0 Å². The summed E-state index contributed by atoms with van der Waals surface area (Å²) in [6, 6.07) is -3.20. The fourth-order valence-electron chi connectivity index (χ4n) is 3.43. The number of carbonyl (C=O) groups excluding carboxylic acids is 3. The second kappa shape index (κ2) is 7.71. The van der Waals surface area contributed by atoms with Gasteiger partial charge in [0.2, 0.25) is 0 Å². The summed E-state index contributed by atoms with van der Waals surface area (Å²) in [7, 11) is -0.578. The Labute approximate surface area is 171 Å². The van der Waals surface area contributed by atoms with Crippen molar-refractivity contribution in [2.45, 2.75) is 12.1 Å². The van der Waals surface area contributed by atoms with E-state index in [0.29, 0.717) is 5.06 Å². The molecule has 3 heterocycles. The van der Waals surface area contributed by atoms with Crippen LogP contribution in [0.5, 0.6) is 0 Å². The van der Waals surface area contributed by atoms with E-state index < -0.39 is 40.5 Å². The number of hydroxylamine groups is 2. The molecule has 1 saturated heterocycles. The van der Waals surface area contributed by atoms with Gasteiger partial charge in [-0.1, -0.05) is 0 Å². The van der Waals surface area contributed by atoms with Gasteiger partial charge in [0.05, 0.1) is 12.2 Å². The monoisotopic (exact) mass is 447 g/mol. The molecule has 2 aliphatic heterocycles. The van der Waals surface area contributed by atoms with E-state index in [-0.39, 0.29) is 36.8 Å². The number of hydrogen-bond donors (Lipinski definition) is 3. The van der Waals surface area contributed by atoms with Crippen molar-refractivity contribution in [1.82, 2.24) is 24.6 Å². The molecule has 4 amide bonds. The first-order chi connectivity index (χ1) is 14.0. The Morgan fingerprint density at radius 1 is 1.40 bits per heavy atom. The van der Waals surface area contributed by atoms with Gasteiger partial charge in [-0.3, -0.25) is 19.3 Å². The molecule has 0 aromatic carbocycles. The number of amides is 4. The van der Waals surface area contributed by atoms with Gasteiger partial charge in [-0.25, -0.2) is 9.59 Å². The van der Waals surface area contributed by atoms with E-state index in [9.17, 15) is 22.8 Å². The molecule has 0 aliphatic carbocycles. The van der Waals surface area contributed by atoms with Gasteiger partial charge in [0.25, 0.3) is 5.91 Å². The molecule has 2 aliphatic rings. The molecule has 2 atom stereocenters. The highest BCUT2D eigenvalue weighted by molar-refractivity contribution is 7.80. The van der Waals surface area contributed by atoms with Crippen LogP contribution < -0.4 is 11.1 Å². The van der Waals surface area contributed by atoms with E-state index in [1.54, 1.807) is 0 Å². The number of ether oxygens (including phenoxy) is 1. The molecule has 0 saturated carbocycles. The van der Waals surface area contributed by atoms with Gasteiger partial charge < -0.3 is 20.3 Å². The van der Waals surface area contributed by atoms with Crippen LogP contribution in [0.2, 0.25) is 0 Å². The van der Waals surface area contributed by atoms with Crippen LogP contribution in [-0.2, 0) is 31.3 Å². The van der Waals surface area contributed by atoms with Crippen LogP contribution >= 0.6 is 0 Å². The number of rotatable bonds is 6. The number of nitrogens with zero attached hydrogens (tertiary/aromatic N) is 5. The summed E-state index contributed by atoms with van der Waals surface area (Å²) >= 11 is 0. The molecular formula is C14H21N7O8S. The van der Waals surface area contributed by atoms with E-state index in [2.05, 4.69) is 14.7 Å². The zero-order chi connectivity index (χ0) is 22.4. The Morgan fingerprint density at radius 2 is 2.07 bits per heavy atom. The average Bonchev–Trinajstić information content (AvgIpc) is 3.09. The summed E-state index contributed by atoms with van der Waals surface area (Å²) < 4.78 is 42.2. The van der Waals surface area contributed by atoms with Gasteiger partial charge in [0, 0.05) is 33.3 Å². The number of nitrogens with two attached hydrogens (primary N) is 1. The van der Waals surface area contributed by atoms with Crippen LogP contribution in [-0.4, -0.2) is 89.4 Å². The van der Waals surface area contributed by atoms with Crippen molar-refractivity contribution >= 4 is 34.2 Å². The molecule has 3 rings (SSSR count). The number of hydrogen-bond acceptors (Lipinski definition) is 9. The normalized spacial score (nSPS) is 20.2.